The average Bonchev–Trinajstić information content (AvgIpc) is 2.37. The van der Waals surface area contributed by atoms with Crippen molar-refractivity contribution in [1.82, 2.24) is 5.32 Å². The Balaban J connectivity index is 2.77. The molecule has 7 heteroatoms. The van der Waals surface area contributed by atoms with E-state index in [-0.39, 0.29) is 6.61 Å². The monoisotopic (exact) mass is 269 g/mol. The van der Waals surface area contributed by atoms with Gasteiger partial charge in [-0.2, -0.15) is 8.78 Å². The fraction of sp³-hybridized carbons (Fsp3) is 0.455. The van der Waals surface area contributed by atoms with Gasteiger partial charge in [0.2, 0.25) is 29.1 Å². The molecule has 0 heterocycles. The van der Waals surface area contributed by atoms with Crippen LogP contribution in [-0.2, 0) is 0 Å². The maximum Gasteiger partial charge on any atom is 0.206 e. The average molecular weight is 269 g/mol. The first-order valence-corrected chi connectivity index (χ1v) is 5.29. The van der Waals surface area contributed by atoms with Crippen LogP contribution in [0, 0.1) is 29.1 Å². The van der Waals surface area contributed by atoms with Gasteiger partial charge in [-0.05, 0) is 26.4 Å². The quantitative estimate of drug-likeness (QED) is 0.371. The van der Waals surface area contributed by atoms with Crippen molar-refractivity contribution in [1.29, 1.82) is 0 Å². The Morgan fingerprint density at radius 2 is 1.33 bits per heavy atom. The fourth-order valence-electron chi connectivity index (χ4n) is 1.29. The second-order valence-corrected chi connectivity index (χ2v) is 3.56. The molecule has 0 unspecified atom stereocenters. The van der Waals surface area contributed by atoms with E-state index in [9.17, 15) is 22.0 Å². The summed E-state index contributed by atoms with van der Waals surface area (Å²) in [5, 5.41) is 2.84. The van der Waals surface area contributed by atoms with E-state index in [1.54, 1.807) is 7.05 Å². The number of nitrogens with one attached hydrogen (secondary N) is 1. The molecule has 1 rings (SSSR count). The van der Waals surface area contributed by atoms with Gasteiger partial charge in [-0.3, -0.25) is 0 Å². The second-order valence-electron chi connectivity index (χ2n) is 3.56. The molecule has 1 aromatic rings. The van der Waals surface area contributed by atoms with E-state index in [4.69, 9.17) is 0 Å². The van der Waals surface area contributed by atoms with Crippen molar-refractivity contribution in [2.75, 3.05) is 20.2 Å². The Kier molecular flexibility index (Phi) is 5.33. The predicted molar refractivity (Wildman–Crippen MR) is 54.9 cm³/mol. The first kappa shape index (κ1) is 14.7. The predicted octanol–water partition coefficient (Wildman–Crippen LogP) is 2.76. The van der Waals surface area contributed by atoms with Gasteiger partial charge in [-0.25, -0.2) is 13.2 Å². The summed E-state index contributed by atoms with van der Waals surface area (Å²) in [6, 6.07) is 0. The molecule has 0 amide bonds. The number of hydrogen-bond acceptors (Lipinski definition) is 2. The van der Waals surface area contributed by atoms with Crippen LogP contribution in [0.3, 0.4) is 0 Å². The third-order valence-corrected chi connectivity index (χ3v) is 2.24. The number of unbranched alkanes of at least 4 members (excludes halogenated alkanes) is 1. The van der Waals surface area contributed by atoms with Crippen molar-refractivity contribution in [3.63, 3.8) is 0 Å². The van der Waals surface area contributed by atoms with E-state index in [1.807, 2.05) is 0 Å². The van der Waals surface area contributed by atoms with Crippen molar-refractivity contribution in [2.45, 2.75) is 12.8 Å². The molecule has 0 aliphatic rings. The van der Waals surface area contributed by atoms with E-state index in [2.05, 4.69) is 10.1 Å². The molecular weight excluding hydrogens is 257 g/mol. The third kappa shape index (κ3) is 3.10. The van der Waals surface area contributed by atoms with Crippen LogP contribution in [0.2, 0.25) is 0 Å². The van der Waals surface area contributed by atoms with Crippen LogP contribution in [0.15, 0.2) is 0 Å². The van der Waals surface area contributed by atoms with E-state index in [0.717, 1.165) is 0 Å². The Morgan fingerprint density at radius 1 is 0.833 bits per heavy atom. The van der Waals surface area contributed by atoms with Gasteiger partial charge in [-0.15, -0.1) is 0 Å². The van der Waals surface area contributed by atoms with Crippen LogP contribution < -0.4 is 10.1 Å². The van der Waals surface area contributed by atoms with E-state index in [1.165, 1.54) is 0 Å². The van der Waals surface area contributed by atoms with Gasteiger partial charge in [0.1, 0.15) is 0 Å². The first-order valence-electron chi connectivity index (χ1n) is 5.29. The fourth-order valence-corrected chi connectivity index (χ4v) is 1.29. The lowest BCUT2D eigenvalue weighted by Crippen LogP contribution is -2.11. The standard InChI is InChI=1S/C11H12F5NO/c1-17-4-2-3-5-18-11-9(15)7(13)6(12)8(14)10(11)16/h17H,2-5H2,1H3. The lowest BCUT2D eigenvalue weighted by atomic mass is 10.2. The molecule has 0 atom stereocenters. The summed E-state index contributed by atoms with van der Waals surface area (Å²) < 4.78 is 69.1. The summed E-state index contributed by atoms with van der Waals surface area (Å²) in [6.07, 6.45) is 1.09. The smallest absolute Gasteiger partial charge is 0.206 e. The minimum atomic E-state index is -2.19. The Labute approximate surface area is 101 Å². The Morgan fingerprint density at radius 3 is 1.83 bits per heavy atom. The van der Waals surface area contributed by atoms with Gasteiger partial charge in [0.05, 0.1) is 6.61 Å². The number of ether oxygens (including phenoxy) is 1. The molecule has 102 valence electrons. The molecule has 0 aliphatic carbocycles. The molecule has 0 radical (unpaired) electrons. The lowest BCUT2D eigenvalue weighted by molar-refractivity contribution is 0.256. The topological polar surface area (TPSA) is 21.3 Å². The summed E-state index contributed by atoms with van der Waals surface area (Å²) in [4.78, 5) is 0. The maximum absolute atomic E-state index is 13.1. The largest absolute Gasteiger partial charge is 0.487 e. The lowest BCUT2D eigenvalue weighted by Gasteiger charge is -2.10. The second kappa shape index (κ2) is 6.53. The van der Waals surface area contributed by atoms with Crippen molar-refractivity contribution in [3.05, 3.63) is 29.1 Å². The van der Waals surface area contributed by atoms with Crippen LogP contribution in [0.4, 0.5) is 22.0 Å². The number of rotatable bonds is 6. The minimum Gasteiger partial charge on any atom is -0.487 e. The summed E-state index contributed by atoms with van der Waals surface area (Å²) in [5.41, 5.74) is 0. The molecule has 0 fully saturated rings. The summed E-state index contributed by atoms with van der Waals surface area (Å²) in [5.74, 6) is -11.3. The zero-order valence-electron chi connectivity index (χ0n) is 9.63. The van der Waals surface area contributed by atoms with Crippen molar-refractivity contribution in [2.24, 2.45) is 0 Å². The van der Waals surface area contributed by atoms with Crippen molar-refractivity contribution >= 4 is 0 Å². The highest BCUT2D eigenvalue weighted by Gasteiger charge is 2.26. The first-order chi connectivity index (χ1) is 8.50. The minimum absolute atomic E-state index is 0.125. The third-order valence-electron chi connectivity index (χ3n) is 2.24. The number of halogens is 5. The molecule has 18 heavy (non-hydrogen) atoms. The van der Waals surface area contributed by atoms with Crippen molar-refractivity contribution in [3.8, 4) is 5.75 Å². The molecule has 2 nitrogen and oxygen atoms in total. The number of hydrogen-bond donors (Lipinski definition) is 1. The molecule has 0 saturated carbocycles. The van der Waals surface area contributed by atoms with Crippen LogP contribution in [0.5, 0.6) is 5.75 Å². The van der Waals surface area contributed by atoms with E-state index < -0.39 is 34.8 Å². The maximum atomic E-state index is 13.1. The van der Waals surface area contributed by atoms with Gasteiger partial charge >= 0.3 is 0 Å². The zero-order valence-corrected chi connectivity index (χ0v) is 9.63. The molecule has 0 saturated heterocycles. The normalized spacial score (nSPS) is 10.8. The van der Waals surface area contributed by atoms with Crippen LogP contribution in [0.25, 0.3) is 0 Å². The van der Waals surface area contributed by atoms with Crippen LogP contribution >= 0.6 is 0 Å². The SMILES string of the molecule is CNCCCCOc1c(F)c(F)c(F)c(F)c1F. The molecule has 0 spiro atoms. The Hall–Kier alpha value is -1.37. The highest BCUT2D eigenvalue weighted by atomic mass is 19.2. The van der Waals surface area contributed by atoms with Crippen LogP contribution in [-0.4, -0.2) is 20.2 Å². The molecule has 1 aromatic carbocycles. The highest BCUT2D eigenvalue weighted by molar-refractivity contribution is 5.29. The summed E-state index contributed by atoms with van der Waals surface area (Å²) >= 11 is 0. The van der Waals surface area contributed by atoms with Gasteiger partial charge < -0.3 is 10.1 Å². The summed E-state index contributed by atoms with van der Waals surface area (Å²) in [6.45, 7) is 0.542. The van der Waals surface area contributed by atoms with Gasteiger partial charge in [0.15, 0.2) is 5.75 Å². The van der Waals surface area contributed by atoms with Gasteiger partial charge in [0, 0.05) is 0 Å². The summed E-state index contributed by atoms with van der Waals surface area (Å²) in [7, 11) is 1.73. The van der Waals surface area contributed by atoms with Gasteiger partial charge in [-0.1, -0.05) is 0 Å². The van der Waals surface area contributed by atoms with E-state index in [0.29, 0.717) is 19.4 Å². The molecule has 0 bridgehead atoms. The molecule has 0 aromatic heterocycles. The Bertz CT molecular complexity index is 395. The molecule has 1 N–H and O–H groups in total. The van der Waals surface area contributed by atoms with E-state index >= 15 is 0 Å². The highest BCUT2D eigenvalue weighted by Crippen LogP contribution is 2.29. The zero-order chi connectivity index (χ0) is 13.7. The number of benzene rings is 1. The van der Waals surface area contributed by atoms with Gasteiger partial charge in [0.25, 0.3) is 0 Å². The molecular formula is C11H12F5NO. The van der Waals surface area contributed by atoms with Crippen molar-refractivity contribution < 1.29 is 26.7 Å². The molecule has 0 aliphatic heterocycles. The van der Waals surface area contributed by atoms with Crippen LogP contribution in [0.1, 0.15) is 12.8 Å².